The van der Waals surface area contributed by atoms with E-state index in [2.05, 4.69) is 20.9 Å². The monoisotopic (exact) mass is 348 g/mol. The average Bonchev–Trinajstić information content (AvgIpc) is 2.74. The van der Waals surface area contributed by atoms with Crippen molar-refractivity contribution in [2.75, 3.05) is 5.73 Å². The van der Waals surface area contributed by atoms with Gasteiger partial charge < -0.3 is 5.73 Å². The van der Waals surface area contributed by atoms with Crippen LogP contribution in [-0.2, 0) is 0 Å². The van der Waals surface area contributed by atoms with Crippen molar-refractivity contribution in [2.45, 2.75) is 0 Å². The van der Waals surface area contributed by atoms with Crippen molar-refractivity contribution < 1.29 is 8.78 Å². The molecule has 4 nitrogen and oxygen atoms in total. The van der Waals surface area contributed by atoms with Crippen LogP contribution in [0.1, 0.15) is 5.56 Å². The number of aromatic nitrogens is 2. The molecule has 2 N–H and O–H groups in total. The van der Waals surface area contributed by atoms with Gasteiger partial charge in [0.15, 0.2) is 11.6 Å². The molecule has 7 heteroatoms. The van der Waals surface area contributed by atoms with Gasteiger partial charge in [-0.25, -0.2) is 13.8 Å². The maximum Gasteiger partial charge on any atom is 0.206 e. The summed E-state index contributed by atoms with van der Waals surface area (Å²) in [5, 5.41) is 9.06. The number of nitrogen functional groups attached to an aromatic ring is 1. The summed E-state index contributed by atoms with van der Waals surface area (Å²) in [6, 6.07) is 9.01. The fourth-order valence-corrected chi connectivity index (χ4v) is 2.59. The lowest BCUT2D eigenvalue weighted by molar-refractivity contribution is 0.570. The van der Waals surface area contributed by atoms with Crippen LogP contribution in [0.3, 0.4) is 0 Å². The van der Waals surface area contributed by atoms with E-state index in [1.165, 1.54) is 0 Å². The molecule has 0 spiro atoms. The van der Waals surface area contributed by atoms with Gasteiger partial charge in [0, 0.05) is 4.47 Å². The summed E-state index contributed by atoms with van der Waals surface area (Å²) in [6.45, 7) is 0. The lowest BCUT2D eigenvalue weighted by Crippen LogP contribution is -2.05. The molecule has 0 unspecified atom stereocenters. The zero-order valence-electron chi connectivity index (χ0n) is 10.4. The maximum absolute atomic E-state index is 14.1. The molecule has 0 aliphatic carbocycles. The summed E-state index contributed by atoms with van der Waals surface area (Å²) >= 11 is 3.02. The molecule has 1 aromatic heterocycles. The molecule has 0 saturated heterocycles. The van der Waals surface area contributed by atoms with E-state index >= 15 is 0 Å². The lowest BCUT2D eigenvalue weighted by atomic mass is 10.2. The first-order chi connectivity index (χ1) is 10.0. The van der Waals surface area contributed by atoms with Crippen LogP contribution in [-0.4, -0.2) is 9.55 Å². The SMILES string of the molecule is N#Cc1cccc2c1nc(N)n2-c1c(F)cc(Br)cc1F. The first-order valence-electron chi connectivity index (χ1n) is 5.85. The van der Waals surface area contributed by atoms with Crippen LogP contribution in [0.25, 0.3) is 16.7 Å². The Balaban J connectivity index is 2.42. The molecule has 0 radical (unpaired) electrons. The molecule has 2 aromatic carbocycles. The second kappa shape index (κ2) is 4.82. The van der Waals surface area contributed by atoms with Crippen LogP contribution in [0.5, 0.6) is 0 Å². The third-order valence-electron chi connectivity index (χ3n) is 3.04. The molecule has 104 valence electrons. The van der Waals surface area contributed by atoms with Gasteiger partial charge in [-0.2, -0.15) is 5.26 Å². The van der Waals surface area contributed by atoms with E-state index in [4.69, 9.17) is 11.0 Å². The predicted molar refractivity (Wildman–Crippen MR) is 77.8 cm³/mol. The van der Waals surface area contributed by atoms with E-state index in [1.54, 1.807) is 18.2 Å². The summed E-state index contributed by atoms with van der Waals surface area (Å²) in [4.78, 5) is 4.04. The molecule has 0 amide bonds. The maximum atomic E-state index is 14.1. The minimum atomic E-state index is -0.782. The van der Waals surface area contributed by atoms with Crippen molar-refractivity contribution in [1.82, 2.24) is 9.55 Å². The molecule has 0 saturated carbocycles. The number of anilines is 1. The van der Waals surface area contributed by atoms with E-state index in [0.29, 0.717) is 11.0 Å². The fourth-order valence-electron chi connectivity index (χ4n) is 2.19. The Morgan fingerprint density at radius 1 is 1.24 bits per heavy atom. The van der Waals surface area contributed by atoms with Gasteiger partial charge in [0.1, 0.15) is 17.3 Å². The van der Waals surface area contributed by atoms with Gasteiger partial charge in [0.25, 0.3) is 0 Å². The summed E-state index contributed by atoms with van der Waals surface area (Å²) < 4.78 is 29.7. The zero-order chi connectivity index (χ0) is 15.1. The quantitative estimate of drug-likeness (QED) is 0.731. The number of fused-ring (bicyclic) bond motifs is 1. The first kappa shape index (κ1) is 13.5. The molecule has 0 fully saturated rings. The van der Waals surface area contributed by atoms with E-state index < -0.39 is 11.6 Å². The molecule has 0 bridgehead atoms. The van der Waals surface area contributed by atoms with Gasteiger partial charge in [0.2, 0.25) is 5.95 Å². The van der Waals surface area contributed by atoms with Crippen LogP contribution >= 0.6 is 15.9 Å². The van der Waals surface area contributed by atoms with Gasteiger partial charge in [-0.3, -0.25) is 4.57 Å². The highest BCUT2D eigenvalue weighted by atomic mass is 79.9. The Morgan fingerprint density at radius 2 is 1.90 bits per heavy atom. The molecule has 3 rings (SSSR count). The second-order valence-electron chi connectivity index (χ2n) is 4.31. The number of nitrogens with two attached hydrogens (primary N) is 1. The minimum Gasteiger partial charge on any atom is -0.369 e. The van der Waals surface area contributed by atoms with Crippen LogP contribution in [0, 0.1) is 23.0 Å². The van der Waals surface area contributed by atoms with Crippen LogP contribution in [0.4, 0.5) is 14.7 Å². The lowest BCUT2D eigenvalue weighted by Gasteiger charge is -2.09. The number of nitrogens with zero attached hydrogens (tertiary/aromatic N) is 3. The number of para-hydroxylation sites is 1. The number of hydrogen-bond donors (Lipinski definition) is 1. The van der Waals surface area contributed by atoms with Gasteiger partial charge >= 0.3 is 0 Å². The van der Waals surface area contributed by atoms with Crippen LogP contribution in [0.15, 0.2) is 34.8 Å². The topological polar surface area (TPSA) is 67.6 Å². The van der Waals surface area contributed by atoms with Crippen LogP contribution < -0.4 is 5.73 Å². The summed E-state index contributed by atoms with van der Waals surface area (Å²) in [5.41, 5.74) is 6.42. The largest absolute Gasteiger partial charge is 0.369 e. The number of nitriles is 1. The Bertz CT molecular complexity index is 888. The summed E-state index contributed by atoms with van der Waals surface area (Å²) in [7, 11) is 0. The highest BCUT2D eigenvalue weighted by molar-refractivity contribution is 9.10. The van der Waals surface area contributed by atoms with Crippen molar-refractivity contribution in [3.05, 3.63) is 52.0 Å². The summed E-state index contributed by atoms with van der Waals surface area (Å²) in [5.74, 6) is -1.65. The Labute approximate surface area is 126 Å². The van der Waals surface area contributed by atoms with Gasteiger partial charge in [0.05, 0.1) is 11.1 Å². The van der Waals surface area contributed by atoms with E-state index in [0.717, 1.165) is 16.7 Å². The predicted octanol–water partition coefficient (Wildman–Crippen LogP) is 3.52. The molecule has 0 aliphatic rings. The van der Waals surface area contributed by atoms with E-state index in [9.17, 15) is 8.78 Å². The molecule has 0 atom stereocenters. The Hall–Kier alpha value is -2.46. The molecule has 0 aliphatic heterocycles. The van der Waals surface area contributed by atoms with Gasteiger partial charge in [-0.15, -0.1) is 0 Å². The molecular formula is C14H7BrF2N4. The number of benzene rings is 2. The normalized spacial score (nSPS) is 10.8. The smallest absolute Gasteiger partial charge is 0.206 e. The molecule has 1 heterocycles. The number of halogens is 3. The summed E-state index contributed by atoms with van der Waals surface area (Å²) in [6.07, 6.45) is 0. The van der Waals surface area contributed by atoms with Gasteiger partial charge in [-0.1, -0.05) is 22.0 Å². The van der Waals surface area contributed by atoms with Crippen molar-refractivity contribution in [1.29, 1.82) is 5.26 Å². The number of rotatable bonds is 1. The number of imidazole rings is 1. The van der Waals surface area contributed by atoms with E-state index in [1.807, 2.05) is 6.07 Å². The Morgan fingerprint density at radius 3 is 2.52 bits per heavy atom. The van der Waals surface area contributed by atoms with Crippen molar-refractivity contribution >= 4 is 32.9 Å². The third-order valence-corrected chi connectivity index (χ3v) is 3.49. The van der Waals surface area contributed by atoms with Crippen LogP contribution in [0.2, 0.25) is 0 Å². The van der Waals surface area contributed by atoms with Crippen molar-refractivity contribution in [3.63, 3.8) is 0 Å². The molecular weight excluding hydrogens is 342 g/mol. The highest BCUT2D eigenvalue weighted by Crippen LogP contribution is 2.30. The third kappa shape index (κ3) is 2.04. The fraction of sp³-hybridized carbons (Fsp3) is 0. The number of hydrogen-bond acceptors (Lipinski definition) is 3. The first-order valence-corrected chi connectivity index (χ1v) is 6.64. The van der Waals surface area contributed by atoms with Crippen molar-refractivity contribution in [3.8, 4) is 11.8 Å². The zero-order valence-corrected chi connectivity index (χ0v) is 12.0. The Kier molecular flexibility index (Phi) is 3.11. The van der Waals surface area contributed by atoms with Crippen molar-refractivity contribution in [2.24, 2.45) is 0 Å². The average molecular weight is 349 g/mol. The minimum absolute atomic E-state index is 0.0900. The molecule has 21 heavy (non-hydrogen) atoms. The molecule has 3 aromatic rings. The standard InChI is InChI=1S/C14H7BrF2N4/c15-8-4-9(16)13(10(17)5-8)21-11-3-1-2-7(6-18)12(11)20-14(21)19/h1-5H,(H2,19,20). The second-order valence-corrected chi connectivity index (χ2v) is 5.22. The van der Waals surface area contributed by atoms with E-state index in [-0.39, 0.29) is 21.7 Å². The highest BCUT2D eigenvalue weighted by Gasteiger charge is 2.19. The van der Waals surface area contributed by atoms with Gasteiger partial charge in [-0.05, 0) is 24.3 Å².